The van der Waals surface area contributed by atoms with E-state index in [-0.39, 0.29) is 6.42 Å². The van der Waals surface area contributed by atoms with Gasteiger partial charge in [-0.1, -0.05) is 0 Å². The predicted molar refractivity (Wildman–Crippen MR) is 63.7 cm³/mol. The predicted octanol–water partition coefficient (Wildman–Crippen LogP) is 1.52. The number of carbonyl (C=O) groups is 1. The second kappa shape index (κ2) is 4.97. The molecular formula is C12H13N3O3. The summed E-state index contributed by atoms with van der Waals surface area (Å²) in [5, 5.41) is 8.68. The first-order valence-electron chi connectivity index (χ1n) is 5.43. The molecule has 6 heteroatoms. The highest BCUT2D eigenvalue weighted by Gasteiger charge is 2.15. The van der Waals surface area contributed by atoms with Gasteiger partial charge in [-0.05, 0) is 25.1 Å². The fourth-order valence-electron chi connectivity index (χ4n) is 1.54. The number of aliphatic carboxylic acids is 1. The van der Waals surface area contributed by atoms with Crippen molar-refractivity contribution in [3.63, 3.8) is 0 Å². The molecule has 0 spiro atoms. The smallest absolute Gasteiger partial charge is 0.305 e. The third kappa shape index (κ3) is 2.72. The molecule has 0 bridgehead atoms. The van der Waals surface area contributed by atoms with E-state index in [1.165, 1.54) is 6.20 Å². The Morgan fingerprint density at radius 2 is 2.28 bits per heavy atom. The molecule has 94 valence electrons. The van der Waals surface area contributed by atoms with Gasteiger partial charge in [0.05, 0.1) is 12.5 Å². The van der Waals surface area contributed by atoms with Crippen molar-refractivity contribution in [3.05, 3.63) is 36.0 Å². The normalized spacial score (nSPS) is 12.3. The Bertz CT molecular complexity index is 565. The van der Waals surface area contributed by atoms with Gasteiger partial charge >= 0.3 is 5.97 Å². The molecule has 0 fully saturated rings. The molecule has 0 aliphatic heterocycles. The number of rotatable bonds is 4. The third-order valence-electron chi connectivity index (χ3n) is 2.39. The molecule has 0 radical (unpaired) electrons. The maximum atomic E-state index is 10.6. The largest absolute Gasteiger partial charge is 0.481 e. The molecule has 0 aliphatic carbocycles. The van der Waals surface area contributed by atoms with Crippen LogP contribution in [-0.2, 0) is 4.79 Å². The molecule has 0 aliphatic rings. The molecule has 3 N–H and O–H groups in total. The minimum Gasteiger partial charge on any atom is -0.481 e. The van der Waals surface area contributed by atoms with E-state index in [1.54, 1.807) is 12.1 Å². The van der Waals surface area contributed by atoms with Crippen LogP contribution in [0.3, 0.4) is 0 Å². The van der Waals surface area contributed by atoms with Crippen molar-refractivity contribution in [1.82, 2.24) is 9.97 Å². The second-order valence-corrected chi connectivity index (χ2v) is 3.91. The number of hydrogen-bond donors (Lipinski definition) is 2. The lowest BCUT2D eigenvalue weighted by molar-refractivity contribution is -0.137. The van der Waals surface area contributed by atoms with Crippen LogP contribution in [0.15, 0.2) is 28.8 Å². The number of furan rings is 1. The van der Waals surface area contributed by atoms with Gasteiger partial charge in [-0.25, -0.2) is 9.97 Å². The van der Waals surface area contributed by atoms with Crippen LogP contribution in [0.25, 0.3) is 11.5 Å². The van der Waals surface area contributed by atoms with Gasteiger partial charge in [-0.15, -0.1) is 0 Å². The summed E-state index contributed by atoms with van der Waals surface area (Å²) in [5.41, 5.74) is 6.30. The number of nitrogens with two attached hydrogens (primary N) is 1. The first-order valence-corrected chi connectivity index (χ1v) is 5.43. The molecule has 0 saturated heterocycles. The zero-order chi connectivity index (χ0) is 13.1. The van der Waals surface area contributed by atoms with Crippen molar-refractivity contribution in [3.8, 4) is 11.5 Å². The van der Waals surface area contributed by atoms with Gasteiger partial charge in [-0.3, -0.25) is 4.79 Å². The Balaban J connectivity index is 2.27. The van der Waals surface area contributed by atoms with Crippen molar-refractivity contribution >= 4 is 5.97 Å². The van der Waals surface area contributed by atoms with Gasteiger partial charge in [-0.2, -0.15) is 0 Å². The Morgan fingerprint density at radius 1 is 1.50 bits per heavy atom. The van der Waals surface area contributed by atoms with Crippen LogP contribution in [0, 0.1) is 6.92 Å². The van der Waals surface area contributed by atoms with E-state index in [0.29, 0.717) is 17.3 Å². The molecule has 2 aromatic heterocycles. The minimum absolute atomic E-state index is 0.208. The maximum absolute atomic E-state index is 10.6. The van der Waals surface area contributed by atoms with Gasteiger partial charge < -0.3 is 15.3 Å². The average molecular weight is 247 g/mol. The second-order valence-electron chi connectivity index (χ2n) is 3.91. The topological polar surface area (TPSA) is 102 Å². The van der Waals surface area contributed by atoms with Crippen molar-refractivity contribution in [2.24, 2.45) is 5.73 Å². The molecule has 1 atom stereocenters. The van der Waals surface area contributed by atoms with E-state index in [2.05, 4.69) is 9.97 Å². The Kier molecular flexibility index (Phi) is 3.38. The fourth-order valence-corrected chi connectivity index (χ4v) is 1.54. The minimum atomic E-state index is -0.981. The van der Waals surface area contributed by atoms with Crippen LogP contribution in [0.1, 0.15) is 24.0 Å². The average Bonchev–Trinajstić information content (AvgIpc) is 2.75. The summed E-state index contributed by atoms with van der Waals surface area (Å²) in [6, 6.07) is 4.59. The summed E-state index contributed by atoms with van der Waals surface area (Å²) < 4.78 is 5.44. The van der Waals surface area contributed by atoms with Crippen LogP contribution in [0.5, 0.6) is 0 Å². The Morgan fingerprint density at radius 3 is 2.89 bits per heavy atom. The standard InChI is InChI=1S/C12H13N3O3/c1-7-2-3-10(18-7)9-4-5-14-12(15-9)8(13)6-11(16)17/h2-5,8H,6,13H2,1H3,(H,16,17). The van der Waals surface area contributed by atoms with E-state index in [4.69, 9.17) is 15.3 Å². The summed E-state index contributed by atoms with van der Waals surface area (Å²) in [6.07, 6.45) is 1.33. The molecule has 2 rings (SSSR count). The van der Waals surface area contributed by atoms with Crippen LogP contribution >= 0.6 is 0 Å². The lowest BCUT2D eigenvalue weighted by atomic mass is 10.2. The Hall–Kier alpha value is -2.21. The van der Waals surface area contributed by atoms with Gasteiger partial charge in [0.15, 0.2) is 5.76 Å². The number of carboxylic acid groups (broad SMARTS) is 1. The highest BCUT2D eigenvalue weighted by atomic mass is 16.4. The lowest BCUT2D eigenvalue weighted by Gasteiger charge is -2.07. The fraction of sp³-hybridized carbons (Fsp3) is 0.250. The van der Waals surface area contributed by atoms with Crippen LogP contribution in [0.2, 0.25) is 0 Å². The van der Waals surface area contributed by atoms with E-state index in [0.717, 1.165) is 5.76 Å². The monoisotopic (exact) mass is 247 g/mol. The van der Waals surface area contributed by atoms with Crippen molar-refractivity contribution < 1.29 is 14.3 Å². The highest BCUT2D eigenvalue weighted by molar-refractivity contribution is 5.67. The summed E-state index contributed by atoms with van der Waals surface area (Å²) in [5.74, 6) is 0.702. The molecule has 6 nitrogen and oxygen atoms in total. The molecular weight excluding hydrogens is 234 g/mol. The number of nitrogens with zero attached hydrogens (tertiary/aromatic N) is 2. The number of aromatic nitrogens is 2. The van der Waals surface area contributed by atoms with Crippen molar-refractivity contribution in [1.29, 1.82) is 0 Å². The van der Waals surface area contributed by atoms with Crippen LogP contribution in [0.4, 0.5) is 0 Å². The summed E-state index contributed by atoms with van der Waals surface area (Å²) in [6.45, 7) is 1.84. The first-order chi connectivity index (χ1) is 8.56. The van der Waals surface area contributed by atoms with Gasteiger partial charge in [0.25, 0.3) is 0 Å². The molecule has 2 aromatic rings. The van der Waals surface area contributed by atoms with Crippen molar-refractivity contribution in [2.45, 2.75) is 19.4 Å². The first kappa shape index (κ1) is 12.3. The van der Waals surface area contributed by atoms with Gasteiger partial charge in [0, 0.05) is 6.20 Å². The highest BCUT2D eigenvalue weighted by Crippen LogP contribution is 2.20. The zero-order valence-electron chi connectivity index (χ0n) is 9.83. The molecule has 0 aromatic carbocycles. The van der Waals surface area contributed by atoms with E-state index in [1.807, 2.05) is 13.0 Å². The molecule has 0 amide bonds. The van der Waals surface area contributed by atoms with E-state index < -0.39 is 12.0 Å². The Labute approximate surface area is 103 Å². The quantitative estimate of drug-likeness (QED) is 0.849. The molecule has 1 unspecified atom stereocenters. The third-order valence-corrected chi connectivity index (χ3v) is 2.39. The van der Waals surface area contributed by atoms with Crippen LogP contribution in [-0.4, -0.2) is 21.0 Å². The maximum Gasteiger partial charge on any atom is 0.305 e. The zero-order valence-corrected chi connectivity index (χ0v) is 9.83. The lowest BCUT2D eigenvalue weighted by Crippen LogP contribution is -2.17. The summed E-state index contributed by atoms with van der Waals surface area (Å²) in [4.78, 5) is 18.8. The van der Waals surface area contributed by atoms with Gasteiger partial charge in [0.2, 0.25) is 0 Å². The van der Waals surface area contributed by atoms with Crippen molar-refractivity contribution in [2.75, 3.05) is 0 Å². The number of carboxylic acids is 1. The number of hydrogen-bond acceptors (Lipinski definition) is 5. The van der Waals surface area contributed by atoms with E-state index in [9.17, 15) is 4.79 Å². The number of aryl methyl sites for hydroxylation is 1. The SMILES string of the molecule is Cc1ccc(-c2ccnc(C(N)CC(=O)O)n2)o1. The summed E-state index contributed by atoms with van der Waals surface area (Å²) >= 11 is 0. The van der Waals surface area contributed by atoms with E-state index >= 15 is 0 Å². The summed E-state index contributed by atoms with van der Waals surface area (Å²) in [7, 11) is 0. The van der Waals surface area contributed by atoms with Crippen LogP contribution < -0.4 is 5.73 Å². The molecule has 18 heavy (non-hydrogen) atoms. The molecule has 0 saturated carbocycles. The molecule has 2 heterocycles. The van der Waals surface area contributed by atoms with Gasteiger partial charge in [0.1, 0.15) is 17.3 Å².